The fraction of sp³-hybridized carbons (Fsp3) is 0.250. The summed E-state index contributed by atoms with van der Waals surface area (Å²) >= 11 is 5.77. The molecule has 0 radical (unpaired) electrons. The number of halogens is 3. The Morgan fingerprint density at radius 1 is 1.22 bits per heavy atom. The number of sulfonamides is 1. The maximum atomic E-state index is 14.7. The number of ether oxygens (including phenoxy) is 1. The molecular weight excluding hydrogens is 468 g/mol. The number of nitrogens with zero attached hydrogens (tertiary/aromatic N) is 2. The van der Waals surface area contributed by atoms with Crippen molar-refractivity contribution < 1.29 is 31.6 Å². The smallest absolute Gasteiger partial charge is 0.344 e. The van der Waals surface area contributed by atoms with E-state index in [1.165, 1.54) is 24.3 Å². The van der Waals surface area contributed by atoms with Gasteiger partial charge in [0.15, 0.2) is 17.4 Å². The topological polar surface area (TPSA) is 102 Å². The highest BCUT2D eigenvalue weighted by molar-refractivity contribution is 7.89. The zero-order valence-electron chi connectivity index (χ0n) is 16.7. The number of carbonyl (C=O) groups excluding carboxylic acids is 1. The molecule has 1 heterocycles. The van der Waals surface area contributed by atoms with Crippen LogP contribution in [0, 0.1) is 11.6 Å². The number of rotatable bonds is 7. The van der Waals surface area contributed by atoms with Crippen molar-refractivity contribution in [3.63, 3.8) is 0 Å². The van der Waals surface area contributed by atoms with Crippen LogP contribution in [0.1, 0.15) is 0 Å². The van der Waals surface area contributed by atoms with Gasteiger partial charge in [0.05, 0.1) is 4.90 Å². The molecule has 3 rings (SSSR count). The highest BCUT2D eigenvalue weighted by Crippen LogP contribution is 2.32. The first-order chi connectivity index (χ1) is 15.2. The van der Waals surface area contributed by atoms with Gasteiger partial charge < -0.3 is 9.57 Å². The molecule has 0 amide bonds. The standard InChI is InChI=1S/C20H20ClF2N3O5S/c1-2-7-25-8-9-26(18(12-25)20(27)31-24)32(28,29)15-10-16(22)19(17(23)11-15)30-14-5-3-13(21)4-6-14/h2-6,10-11,18H,1,7-9,12,24H2/t18-/m1/s1. The second kappa shape index (κ2) is 9.92. The molecule has 1 atom stereocenters. The predicted octanol–water partition coefficient (Wildman–Crippen LogP) is 2.69. The van der Waals surface area contributed by atoms with E-state index in [1.54, 1.807) is 11.0 Å². The molecule has 1 saturated heterocycles. The van der Waals surface area contributed by atoms with E-state index in [9.17, 15) is 22.0 Å². The number of benzene rings is 2. The molecule has 1 aliphatic heterocycles. The summed E-state index contributed by atoms with van der Waals surface area (Å²) in [7, 11) is -4.47. The molecule has 12 heteroatoms. The van der Waals surface area contributed by atoms with Gasteiger partial charge in [0.2, 0.25) is 10.0 Å². The fourth-order valence-corrected chi connectivity index (χ4v) is 4.98. The average Bonchev–Trinajstić information content (AvgIpc) is 2.76. The van der Waals surface area contributed by atoms with E-state index in [0.717, 1.165) is 4.31 Å². The van der Waals surface area contributed by atoms with Crippen LogP contribution in [-0.2, 0) is 19.7 Å². The van der Waals surface area contributed by atoms with Crippen LogP contribution in [0.3, 0.4) is 0 Å². The van der Waals surface area contributed by atoms with Crippen LogP contribution in [-0.4, -0.2) is 55.8 Å². The molecule has 0 unspecified atom stereocenters. The largest absolute Gasteiger partial charge is 0.451 e. The molecular formula is C20H20ClF2N3O5S. The van der Waals surface area contributed by atoms with Crippen LogP contribution in [0.25, 0.3) is 0 Å². The van der Waals surface area contributed by atoms with E-state index in [1.807, 2.05) is 0 Å². The molecule has 8 nitrogen and oxygen atoms in total. The first kappa shape index (κ1) is 24.1. The van der Waals surface area contributed by atoms with Crippen molar-refractivity contribution in [2.75, 3.05) is 26.2 Å². The maximum absolute atomic E-state index is 14.7. The number of hydrogen-bond acceptors (Lipinski definition) is 7. The minimum absolute atomic E-state index is 0.0238. The fourth-order valence-electron chi connectivity index (χ4n) is 3.27. The van der Waals surface area contributed by atoms with Crippen LogP contribution in [0.4, 0.5) is 8.78 Å². The van der Waals surface area contributed by atoms with Crippen molar-refractivity contribution >= 4 is 27.6 Å². The monoisotopic (exact) mass is 487 g/mol. The van der Waals surface area contributed by atoms with Gasteiger partial charge in [-0.1, -0.05) is 17.7 Å². The van der Waals surface area contributed by atoms with E-state index in [-0.39, 0.29) is 25.4 Å². The first-order valence-corrected chi connectivity index (χ1v) is 11.2. The zero-order valence-corrected chi connectivity index (χ0v) is 18.3. The van der Waals surface area contributed by atoms with E-state index < -0.39 is 44.3 Å². The van der Waals surface area contributed by atoms with E-state index in [4.69, 9.17) is 22.2 Å². The lowest BCUT2D eigenvalue weighted by atomic mass is 10.2. The summed E-state index contributed by atoms with van der Waals surface area (Å²) in [6.07, 6.45) is 1.60. The van der Waals surface area contributed by atoms with Gasteiger partial charge in [-0.3, -0.25) is 4.90 Å². The van der Waals surface area contributed by atoms with Crippen molar-refractivity contribution in [2.45, 2.75) is 10.9 Å². The van der Waals surface area contributed by atoms with Crippen molar-refractivity contribution in [2.24, 2.45) is 5.90 Å². The number of piperazine rings is 1. The molecule has 1 fully saturated rings. The molecule has 0 bridgehead atoms. The molecule has 0 aliphatic carbocycles. The zero-order chi connectivity index (χ0) is 23.5. The number of hydrogen-bond donors (Lipinski definition) is 1. The Labute approximate surface area is 188 Å². The Kier molecular flexibility index (Phi) is 7.47. The summed E-state index contributed by atoms with van der Waals surface area (Å²) in [6.45, 7) is 4.13. The van der Waals surface area contributed by atoms with Crippen LogP contribution < -0.4 is 10.6 Å². The molecule has 2 aromatic rings. The molecule has 1 aliphatic rings. The van der Waals surface area contributed by atoms with Crippen molar-refractivity contribution in [1.29, 1.82) is 0 Å². The Hall–Kier alpha value is -2.57. The molecule has 2 N–H and O–H groups in total. The molecule has 0 spiro atoms. The maximum Gasteiger partial charge on any atom is 0.344 e. The van der Waals surface area contributed by atoms with Crippen LogP contribution in [0.5, 0.6) is 11.5 Å². The Balaban J connectivity index is 1.92. The second-order valence-electron chi connectivity index (χ2n) is 6.89. The molecule has 0 aromatic heterocycles. The van der Waals surface area contributed by atoms with Crippen molar-refractivity contribution in [3.05, 3.63) is 65.7 Å². The lowest BCUT2D eigenvalue weighted by Gasteiger charge is -2.38. The lowest BCUT2D eigenvalue weighted by Crippen LogP contribution is -2.58. The van der Waals surface area contributed by atoms with Gasteiger partial charge >= 0.3 is 5.97 Å². The molecule has 172 valence electrons. The second-order valence-corrected chi connectivity index (χ2v) is 9.22. The van der Waals surface area contributed by atoms with E-state index >= 15 is 0 Å². The van der Waals surface area contributed by atoms with Crippen molar-refractivity contribution in [1.82, 2.24) is 9.21 Å². The van der Waals surface area contributed by atoms with Crippen molar-refractivity contribution in [3.8, 4) is 11.5 Å². The summed E-state index contributed by atoms with van der Waals surface area (Å²) in [5, 5.41) is 0.401. The molecule has 2 aromatic carbocycles. The van der Waals surface area contributed by atoms with E-state index in [0.29, 0.717) is 23.7 Å². The van der Waals surface area contributed by atoms with Gasteiger partial charge in [-0.2, -0.15) is 10.2 Å². The molecule has 32 heavy (non-hydrogen) atoms. The van der Waals surface area contributed by atoms with Gasteiger partial charge in [0, 0.05) is 31.2 Å². The highest BCUT2D eigenvalue weighted by Gasteiger charge is 2.41. The molecule has 0 saturated carbocycles. The summed E-state index contributed by atoms with van der Waals surface area (Å²) < 4.78 is 61.6. The Bertz CT molecular complexity index is 1090. The van der Waals surface area contributed by atoms with E-state index in [2.05, 4.69) is 11.4 Å². The summed E-state index contributed by atoms with van der Waals surface area (Å²) in [5.41, 5.74) is 0. The number of carbonyl (C=O) groups is 1. The van der Waals surface area contributed by atoms with Crippen LogP contribution >= 0.6 is 11.6 Å². The Morgan fingerprint density at radius 2 is 1.84 bits per heavy atom. The lowest BCUT2D eigenvalue weighted by molar-refractivity contribution is -0.150. The quantitative estimate of drug-likeness (QED) is 0.473. The number of nitrogens with two attached hydrogens (primary N) is 1. The third-order valence-electron chi connectivity index (χ3n) is 4.80. The van der Waals surface area contributed by atoms with Gasteiger partial charge in [-0.15, -0.1) is 6.58 Å². The third-order valence-corrected chi connectivity index (χ3v) is 6.94. The highest BCUT2D eigenvalue weighted by atomic mass is 35.5. The SMILES string of the molecule is C=CCN1CCN(S(=O)(=O)c2cc(F)c(Oc3ccc(Cl)cc3)c(F)c2)[C@@H](C(=O)ON)C1. The Morgan fingerprint density at radius 3 is 2.41 bits per heavy atom. The normalized spacial score (nSPS) is 17.7. The average molecular weight is 488 g/mol. The minimum Gasteiger partial charge on any atom is -0.451 e. The van der Waals surface area contributed by atoms with Crippen LogP contribution in [0.2, 0.25) is 5.02 Å². The van der Waals surface area contributed by atoms with Gasteiger partial charge in [0.1, 0.15) is 11.8 Å². The minimum atomic E-state index is -4.47. The predicted molar refractivity (Wildman–Crippen MR) is 112 cm³/mol. The van der Waals surface area contributed by atoms with Gasteiger partial charge in [0.25, 0.3) is 0 Å². The van der Waals surface area contributed by atoms with Crippen LogP contribution in [0.15, 0.2) is 53.9 Å². The van der Waals surface area contributed by atoms with Gasteiger partial charge in [-0.25, -0.2) is 22.0 Å². The summed E-state index contributed by atoms with van der Waals surface area (Å²) in [5.74, 6) is 0.825. The third kappa shape index (κ3) is 5.08. The first-order valence-electron chi connectivity index (χ1n) is 9.35. The summed E-state index contributed by atoms with van der Waals surface area (Å²) in [4.78, 5) is 17.5. The van der Waals surface area contributed by atoms with Gasteiger partial charge in [-0.05, 0) is 36.4 Å². The summed E-state index contributed by atoms with van der Waals surface area (Å²) in [6, 6.07) is 5.70.